The first-order valence-electron chi connectivity index (χ1n) is 19.2. The molecule has 306 valence electrons. The molecule has 1 aromatic carbocycles. The first-order chi connectivity index (χ1) is 26.4. The lowest BCUT2D eigenvalue weighted by molar-refractivity contribution is -0.149. The third kappa shape index (κ3) is 8.00. The van der Waals surface area contributed by atoms with E-state index in [9.17, 15) is 36.7 Å². The van der Waals surface area contributed by atoms with Crippen molar-refractivity contribution in [3.63, 3.8) is 0 Å². The Morgan fingerprint density at radius 3 is 2.48 bits per heavy atom. The Kier molecular flexibility index (Phi) is 11.6. The van der Waals surface area contributed by atoms with Gasteiger partial charge in [0, 0.05) is 23.1 Å². The minimum atomic E-state index is -3.98. The first-order valence-corrected chi connectivity index (χ1v) is 20.7. The van der Waals surface area contributed by atoms with Crippen LogP contribution in [0.2, 0.25) is 0 Å². The number of rotatable bonds is 10. The number of carbonyl (C=O) groups excluding carboxylic acids is 3. The molecule has 0 bridgehead atoms. The van der Waals surface area contributed by atoms with Gasteiger partial charge in [-0.3, -0.25) is 24.0 Å². The number of hydrogen-bond donors (Lipinski definition) is 3. The number of nitrogens with one attached hydrogen (secondary N) is 2. The van der Waals surface area contributed by atoms with Crippen molar-refractivity contribution in [1.29, 1.82) is 0 Å². The number of pyridine rings is 1. The number of sulfonamides is 1. The van der Waals surface area contributed by atoms with Gasteiger partial charge < -0.3 is 24.8 Å². The van der Waals surface area contributed by atoms with Crippen molar-refractivity contribution >= 4 is 44.6 Å². The number of allylic oxidation sites excluding steroid dienone is 1. The fourth-order valence-electron chi connectivity index (χ4n) is 8.21. The van der Waals surface area contributed by atoms with Crippen molar-refractivity contribution in [3.05, 3.63) is 42.6 Å². The SMILES string of the molecule is CC[C@@H]1C[C@H](C)CC/C=C\[C@@H]2C[C@@]2(C(=O)NS(=O)(=O)C2CC2)NC(=O)[C@@H]2C[C@@H](Oc3ncc(OC)c4ccccc34)CN2C(=O)[C@H]1N(C(=O)O)C(C)(C)C(F)F. The second-order valence-corrected chi connectivity index (χ2v) is 18.1. The average Bonchev–Trinajstić information content (AvgIpc) is 4.07. The van der Waals surface area contributed by atoms with Crippen LogP contribution in [0.4, 0.5) is 13.6 Å². The molecule has 4 amide bonds. The number of aromatic nitrogens is 1. The first kappa shape index (κ1) is 41.1. The fraction of sp³-hybridized carbons (Fsp3) is 0.615. The van der Waals surface area contributed by atoms with Gasteiger partial charge in [0.1, 0.15) is 35.0 Å². The van der Waals surface area contributed by atoms with Crippen LogP contribution in [0.5, 0.6) is 11.6 Å². The molecule has 2 aliphatic heterocycles. The van der Waals surface area contributed by atoms with Crippen LogP contribution in [0.25, 0.3) is 10.8 Å². The quantitative estimate of drug-likeness (QED) is 0.280. The van der Waals surface area contributed by atoms with E-state index in [-0.39, 0.29) is 37.6 Å². The number of carbonyl (C=O) groups is 4. The van der Waals surface area contributed by atoms with Gasteiger partial charge >= 0.3 is 6.09 Å². The lowest BCUT2D eigenvalue weighted by atomic mass is 9.82. The highest BCUT2D eigenvalue weighted by molar-refractivity contribution is 7.91. The molecule has 14 nitrogen and oxygen atoms in total. The van der Waals surface area contributed by atoms with E-state index in [1.54, 1.807) is 25.1 Å². The molecular formula is C39H51F2N5O9S. The van der Waals surface area contributed by atoms with Crippen LogP contribution < -0.4 is 19.5 Å². The molecule has 6 rings (SSSR count). The third-order valence-corrected chi connectivity index (χ3v) is 13.6. The summed E-state index contributed by atoms with van der Waals surface area (Å²) in [5.41, 5.74) is -3.94. The number of fused-ring (bicyclic) bond motifs is 3. The van der Waals surface area contributed by atoms with Crippen LogP contribution in [0, 0.1) is 17.8 Å². The number of methoxy groups -OCH3 is 1. The molecule has 0 unspecified atom stereocenters. The van der Waals surface area contributed by atoms with Gasteiger partial charge in [-0.15, -0.1) is 0 Å². The minimum Gasteiger partial charge on any atom is -0.494 e. The van der Waals surface area contributed by atoms with E-state index in [2.05, 4.69) is 15.0 Å². The summed E-state index contributed by atoms with van der Waals surface area (Å²) in [6.07, 6.45) is 1.88. The molecule has 2 aliphatic carbocycles. The van der Waals surface area contributed by atoms with Crippen LogP contribution in [0.15, 0.2) is 42.6 Å². The number of carboxylic acid groups (broad SMARTS) is 1. The maximum absolute atomic E-state index is 15.1. The number of nitrogens with zero attached hydrogens (tertiary/aromatic N) is 3. The van der Waals surface area contributed by atoms with Gasteiger partial charge in [-0.2, -0.15) is 0 Å². The lowest BCUT2D eigenvalue weighted by Gasteiger charge is -2.45. The van der Waals surface area contributed by atoms with E-state index in [1.165, 1.54) is 18.2 Å². The molecule has 1 aromatic heterocycles. The summed E-state index contributed by atoms with van der Waals surface area (Å²) in [6.45, 7) is 5.61. The van der Waals surface area contributed by atoms with E-state index in [1.807, 2.05) is 25.1 Å². The number of benzene rings is 1. The molecular weight excluding hydrogens is 753 g/mol. The zero-order valence-electron chi connectivity index (χ0n) is 32.2. The predicted molar refractivity (Wildman–Crippen MR) is 202 cm³/mol. The number of alkyl halides is 2. The zero-order valence-corrected chi connectivity index (χ0v) is 33.1. The highest BCUT2D eigenvalue weighted by Crippen LogP contribution is 2.46. The zero-order chi connectivity index (χ0) is 40.7. The van der Waals surface area contributed by atoms with Crippen molar-refractivity contribution in [2.75, 3.05) is 13.7 Å². The summed E-state index contributed by atoms with van der Waals surface area (Å²) < 4.78 is 69.3. The summed E-state index contributed by atoms with van der Waals surface area (Å²) in [5.74, 6) is -3.20. The van der Waals surface area contributed by atoms with Gasteiger partial charge in [-0.05, 0) is 70.3 Å². The van der Waals surface area contributed by atoms with Crippen molar-refractivity contribution < 1.29 is 51.0 Å². The topological polar surface area (TPSA) is 185 Å². The third-order valence-electron chi connectivity index (χ3n) is 11.8. The van der Waals surface area contributed by atoms with Gasteiger partial charge in [0.15, 0.2) is 0 Å². The Morgan fingerprint density at radius 1 is 1.16 bits per heavy atom. The van der Waals surface area contributed by atoms with Gasteiger partial charge in [-0.1, -0.05) is 50.6 Å². The normalized spacial score (nSPS) is 29.3. The maximum atomic E-state index is 15.1. The number of halogens is 2. The highest BCUT2D eigenvalue weighted by atomic mass is 32.2. The monoisotopic (exact) mass is 803 g/mol. The van der Waals surface area contributed by atoms with E-state index in [0.29, 0.717) is 53.5 Å². The molecule has 17 heteroatoms. The number of hydrogen-bond acceptors (Lipinski definition) is 9. The van der Waals surface area contributed by atoms with Crippen LogP contribution in [0.1, 0.15) is 79.1 Å². The number of amides is 4. The molecule has 2 aromatic rings. The molecule has 3 N–H and O–H groups in total. The summed E-state index contributed by atoms with van der Waals surface area (Å²) in [4.78, 5) is 62.6. The smallest absolute Gasteiger partial charge is 0.408 e. The average molecular weight is 804 g/mol. The second-order valence-electron chi connectivity index (χ2n) is 16.2. The molecule has 1 saturated heterocycles. The second kappa shape index (κ2) is 15.8. The Bertz CT molecular complexity index is 1990. The highest BCUT2D eigenvalue weighted by Gasteiger charge is 2.62. The summed E-state index contributed by atoms with van der Waals surface area (Å²) in [7, 11) is -2.48. The lowest BCUT2D eigenvalue weighted by Crippen LogP contribution is -2.65. The number of ether oxygens (including phenoxy) is 2. The van der Waals surface area contributed by atoms with Crippen LogP contribution in [-0.4, -0.2) is 107 Å². The molecule has 3 fully saturated rings. The van der Waals surface area contributed by atoms with Crippen LogP contribution in [-0.2, 0) is 24.4 Å². The Hall–Kier alpha value is -4.54. The van der Waals surface area contributed by atoms with Gasteiger partial charge in [0.05, 0.1) is 25.1 Å². The summed E-state index contributed by atoms with van der Waals surface area (Å²) in [6, 6.07) is 4.20. The van der Waals surface area contributed by atoms with E-state index in [0.717, 1.165) is 13.8 Å². The Labute approximate surface area is 325 Å². The molecule has 0 spiro atoms. The summed E-state index contributed by atoms with van der Waals surface area (Å²) in [5, 5.41) is 13.9. The Balaban J connectivity index is 1.43. The van der Waals surface area contributed by atoms with Crippen LogP contribution in [0.3, 0.4) is 0 Å². The molecule has 0 radical (unpaired) electrons. The summed E-state index contributed by atoms with van der Waals surface area (Å²) >= 11 is 0. The molecule has 4 aliphatic rings. The maximum Gasteiger partial charge on any atom is 0.408 e. The minimum absolute atomic E-state index is 0.0779. The van der Waals surface area contributed by atoms with Gasteiger partial charge in [0.25, 0.3) is 12.3 Å². The van der Waals surface area contributed by atoms with Crippen molar-refractivity contribution in [2.45, 2.75) is 120 Å². The van der Waals surface area contributed by atoms with Crippen molar-refractivity contribution in [2.24, 2.45) is 17.8 Å². The molecule has 2 saturated carbocycles. The van der Waals surface area contributed by atoms with Crippen LogP contribution >= 0.6 is 0 Å². The Morgan fingerprint density at radius 2 is 1.86 bits per heavy atom. The molecule has 7 atom stereocenters. The largest absolute Gasteiger partial charge is 0.494 e. The van der Waals surface area contributed by atoms with Crippen molar-refractivity contribution in [1.82, 2.24) is 24.8 Å². The molecule has 3 heterocycles. The fourth-order valence-corrected chi connectivity index (χ4v) is 9.58. The van der Waals surface area contributed by atoms with Crippen molar-refractivity contribution in [3.8, 4) is 11.6 Å². The van der Waals surface area contributed by atoms with Gasteiger partial charge in [-0.25, -0.2) is 27.0 Å². The van der Waals surface area contributed by atoms with E-state index < -0.39 is 86.6 Å². The standard InChI is InChI=1S/C39H51F2N5O9S/c1-6-23-17-22(2)11-7-8-12-24-19-39(24,36(49)44-56(52,53)26-15-16-26)43-32(47)29-18-25(55-33-28-14-10-9-13-27(28)30(54-5)20-42-33)21-45(29)34(48)31(23)46(37(50)51)38(3,4)35(40)41/h8-10,12-14,20,22-26,29,31,35H,6-7,11,15-19,21H2,1-5H3,(H,43,47)(H,44,49)(H,50,51)/b12-8-/t22-,23-,24-,25-,29+,31+,39-/m1/s1. The molecule has 56 heavy (non-hydrogen) atoms. The predicted octanol–water partition coefficient (Wildman–Crippen LogP) is 4.87. The van der Waals surface area contributed by atoms with E-state index >= 15 is 4.79 Å². The van der Waals surface area contributed by atoms with Gasteiger partial charge in [0.2, 0.25) is 27.7 Å². The van der Waals surface area contributed by atoms with E-state index in [4.69, 9.17) is 9.47 Å².